The van der Waals surface area contributed by atoms with Gasteiger partial charge in [-0.1, -0.05) is 24.3 Å². The molecule has 2 aromatic carbocycles. The van der Waals surface area contributed by atoms with Crippen molar-refractivity contribution in [2.24, 2.45) is 0 Å². The Bertz CT molecular complexity index is 686. The molecule has 0 saturated heterocycles. The van der Waals surface area contributed by atoms with Crippen molar-refractivity contribution >= 4 is 10.8 Å². The van der Waals surface area contributed by atoms with Crippen LogP contribution in [0.4, 0.5) is 4.39 Å². The molecule has 0 saturated carbocycles. The van der Waals surface area contributed by atoms with E-state index in [1.165, 1.54) is 6.07 Å². The Hall–Kier alpha value is -2.16. The van der Waals surface area contributed by atoms with Crippen molar-refractivity contribution in [3.05, 3.63) is 54.1 Å². The molecular weight excluding hydrogens is 215 g/mol. The number of aromatic nitrogens is 2. The fourth-order valence-electron chi connectivity index (χ4n) is 2.02. The highest BCUT2D eigenvalue weighted by atomic mass is 19.1. The van der Waals surface area contributed by atoms with Gasteiger partial charge in [-0.25, -0.2) is 9.37 Å². The Labute approximate surface area is 98.1 Å². The molecule has 0 aliphatic rings. The second-order valence-electron chi connectivity index (χ2n) is 4.06. The number of aromatic amines is 1. The van der Waals surface area contributed by atoms with Crippen molar-refractivity contribution in [3.8, 4) is 11.4 Å². The molecule has 0 amide bonds. The molecule has 0 unspecified atom stereocenters. The Balaban J connectivity index is 2.34. The number of rotatable bonds is 1. The maximum absolute atomic E-state index is 13.7. The topological polar surface area (TPSA) is 28.7 Å². The van der Waals surface area contributed by atoms with Crippen molar-refractivity contribution in [2.75, 3.05) is 0 Å². The van der Waals surface area contributed by atoms with Gasteiger partial charge in [0.1, 0.15) is 11.6 Å². The molecule has 0 fully saturated rings. The predicted octanol–water partition coefficient (Wildman–Crippen LogP) is 3.68. The van der Waals surface area contributed by atoms with Crippen LogP contribution in [-0.4, -0.2) is 9.97 Å². The minimum Gasteiger partial charge on any atom is -0.342 e. The summed E-state index contributed by atoms with van der Waals surface area (Å²) in [5, 5.41) is 1.50. The van der Waals surface area contributed by atoms with Crippen LogP contribution in [-0.2, 0) is 0 Å². The number of H-pyrrole nitrogens is 1. The number of nitrogens with one attached hydrogen (secondary N) is 1. The molecule has 1 N–H and O–H groups in total. The van der Waals surface area contributed by atoms with E-state index >= 15 is 0 Å². The number of aryl methyl sites for hydroxylation is 1. The van der Waals surface area contributed by atoms with Crippen molar-refractivity contribution in [2.45, 2.75) is 6.92 Å². The quantitative estimate of drug-likeness (QED) is 0.673. The van der Waals surface area contributed by atoms with Crippen LogP contribution in [0, 0.1) is 12.7 Å². The average molecular weight is 226 g/mol. The fourth-order valence-corrected chi connectivity index (χ4v) is 2.02. The summed E-state index contributed by atoms with van der Waals surface area (Å²) in [5.41, 5.74) is 1.92. The summed E-state index contributed by atoms with van der Waals surface area (Å²) in [4.78, 5) is 7.46. The number of nitrogens with zero attached hydrogens (tertiary/aromatic N) is 1. The van der Waals surface area contributed by atoms with E-state index < -0.39 is 0 Å². The summed E-state index contributed by atoms with van der Waals surface area (Å²) in [6.07, 6.45) is 1.77. The number of hydrogen-bond donors (Lipinski definition) is 1. The molecule has 3 aromatic rings. The maximum atomic E-state index is 13.7. The first-order valence-corrected chi connectivity index (χ1v) is 5.45. The van der Waals surface area contributed by atoms with E-state index in [4.69, 9.17) is 0 Å². The lowest BCUT2D eigenvalue weighted by molar-refractivity contribution is 0.640. The third kappa shape index (κ3) is 1.60. The van der Waals surface area contributed by atoms with Crippen LogP contribution in [0.15, 0.2) is 42.6 Å². The zero-order chi connectivity index (χ0) is 11.8. The number of benzene rings is 2. The van der Waals surface area contributed by atoms with Gasteiger partial charge in [0.05, 0.1) is 0 Å². The maximum Gasteiger partial charge on any atom is 0.138 e. The van der Waals surface area contributed by atoms with Crippen LogP contribution in [0.3, 0.4) is 0 Å². The molecule has 0 radical (unpaired) electrons. The lowest BCUT2D eigenvalue weighted by atomic mass is 10.0. The Kier molecular flexibility index (Phi) is 2.18. The number of halogens is 1. The zero-order valence-corrected chi connectivity index (χ0v) is 9.37. The average Bonchev–Trinajstić information content (AvgIpc) is 2.77. The number of fused-ring (bicyclic) bond motifs is 1. The standard InChI is InChI=1S/C14H11FN2/c1-9-8-16-14(17-9)12-6-7-13(15)11-5-3-2-4-10(11)12/h2-8H,1H3,(H,16,17). The van der Waals surface area contributed by atoms with Gasteiger partial charge in [-0.15, -0.1) is 0 Å². The second-order valence-corrected chi connectivity index (χ2v) is 4.06. The first-order valence-electron chi connectivity index (χ1n) is 5.45. The van der Waals surface area contributed by atoms with Crippen LogP contribution in [0.1, 0.15) is 5.69 Å². The van der Waals surface area contributed by atoms with Crippen molar-refractivity contribution in [1.29, 1.82) is 0 Å². The van der Waals surface area contributed by atoms with E-state index in [9.17, 15) is 4.39 Å². The van der Waals surface area contributed by atoms with E-state index in [0.29, 0.717) is 5.39 Å². The van der Waals surface area contributed by atoms with Gasteiger partial charge < -0.3 is 4.98 Å². The molecule has 3 heteroatoms. The first kappa shape index (κ1) is 10.0. The van der Waals surface area contributed by atoms with Gasteiger partial charge in [0.2, 0.25) is 0 Å². The molecule has 0 atom stereocenters. The smallest absolute Gasteiger partial charge is 0.138 e. The SMILES string of the molecule is Cc1cnc(-c2ccc(F)c3ccccc23)[nH]1. The Morgan fingerprint density at radius 3 is 2.53 bits per heavy atom. The lowest BCUT2D eigenvalue weighted by Crippen LogP contribution is -1.86. The van der Waals surface area contributed by atoms with Gasteiger partial charge in [0, 0.05) is 22.8 Å². The summed E-state index contributed by atoms with van der Waals surface area (Å²) in [6, 6.07) is 10.7. The van der Waals surface area contributed by atoms with Crippen molar-refractivity contribution < 1.29 is 4.39 Å². The third-order valence-electron chi connectivity index (χ3n) is 2.83. The molecular formula is C14H11FN2. The highest BCUT2D eigenvalue weighted by molar-refractivity contribution is 5.95. The molecule has 84 valence electrons. The molecule has 1 aromatic heterocycles. The van der Waals surface area contributed by atoms with Crippen LogP contribution in [0.2, 0.25) is 0 Å². The molecule has 0 bridgehead atoms. The molecule has 1 heterocycles. The first-order chi connectivity index (χ1) is 8.25. The predicted molar refractivity (Wildman–Crippen MR) is 66.2 cm³/mol. The van der Waals surface area contributed by atoms with E-state index in [1.54, 1.807) is 18.3 Å². The summed E-state index contributed by atoms with van der Waals surface area (Å²) in [7, 11) is 0. The van der Waals surface area contributed by atoms with Gasteiger partial charge in [0.25, 0.3) is 0 Å². The van der Waals surface area contributed by atoms with Crippen LogP contribution >= 0.6 is 0 Å². The van der Waals surface area contributed by atoms with Crippen LogP contribution < -0.4 is 0 Å². The number of hydrogen-bond acceptors (Lipinski definition) is 1. The normalized spacial score (nSPS) is 10.9. The largest absolute Gasteiger partial charge is 0.342 e. The summed E-state index contributed by atoms with van der Waals surface area (Å²) in [6.45, 7) is 1.95. The zero-order valence-electron chi connectivity index (χ0n) is 9.37. The molecule has 2 nitrogen and oxygen atoms in total. The minimum absolute atomic E-state index is 0.201. The fraction of sp³-hybridized carbons (Fsp3) is 0.0714. The highest BCUT2D eigenvalue weighted by Crippen LogP contribution is 2.28. The highest BCUT2D eigenvalue weighted by Gasteiger charge is 2.09. The van der Waals surface area contributed by atoms with Gasteiger partial charge >= 0.3 is 0 Å². The van der Waals surface area contributed by atoms with Crippen LogP contribution in [0.25, 0.3) is 22.2 Å². The van der Waals surface area contributed by atoms with Crippen molar-refractivity contribution in [3.63, 3.8) is 0 Å². The van der Waals surface area contributed by atoms with E-state index in [-0.39, 0.29) is 5.82 Å². The Morgan fingerprint density at radius 2 is 1.82 bits per heavy atom. The monoisotopic (exact) mass is 226 g/mol. The molecule has 0 aliphatic heterocycles. The summed E-state index contributed by atoms with van der Waals surface area (Å²) >= 11 is 0. The minimum atomic E-state index is -0.201. The van der Waals surface area contributed by atoms with E-state index in [0.717, 1.165) is 22.5 Å². The van der Waals surface area contributed by atoms with E-state index in [1.807, 2.05) is 25.1 Å². The molecule has 0 spiro atoms. The van der Waals surface area contributed by atoms with Crippen LogP contribution in [0.5, 0.6) is 0 Å². The van der Waals surface area contributed by atoms with Crippen molar-refractivity contribution in [1.82, 2.24) is 9.97 Å². The third-order valence-corrected chi connectivity index (χ3v) is 2.83. The molecule has 3 rings (SSSR count). The summed E-state index contributed by atoms with van der Waals surface area (Å²) in [5.74, 6) is 0.575. The van der Waals surface area contributed by atoms with Gasteiger partial charge in [-0.2, -0.15) is 0 Å². The van der Waals surface area contributed by atoms with E-state index in [2.05, 4.69) is 9.97 Å². The second kappa shape index (κ2) is 3.70. The number of imidazole rings is 1. The van der Waals surface area contributed by atoms with Gasteiger partial charge in [-0.3, -0.25) is 0 Å². The lowest BCUT2D eigenvalue weighted by Gasteiger charge is -2.04. The Morgan fingerprint density at radius 1 is 1.06 bits per heavy atom. The molecule has 0 aliphatic carbocycles. The van der Waals surface area contributed by atoms with Gasteiger partial charge in [-0.05, 0) is 24.4 Å². The molecule has 17 heavy (non-hydrogen) atoms. The van der Waals surface area contributed by atoms with Gasteiger partial charge in [0.15, 0.2) is 0 Å². The summed E-state index contributed by atoms with van der Waals surface area (Å²) < 4.78 is 13.7.